The van der Waals surface area contributed by atoms with Crippen molar-refractivity contribution < 1.29 is 9.59 Å². The first-order valence-corrected chi connectivity index (χ1v) is 15.4. The third-order valence-corrected chi connectivity index (χ3v) is 9.26. The van der Waals surface area contributed by atoms with Gasteiger partial charge >= 0.3 is 0 Å². The number of H-pyrrole nitrogens is 1. The van der Waals surface area contributed by atoms with Gasteiger partial charge in [0.05, 0.1) is 34.2 Å². The SMILES string of the molecule is O=C(Cc1cnc[nH]1)Nc1cccc(-c2csc(SCC(=O)NC3CCN(Cc4ccc(Cl)c(Cl)c4)CC3)n2)c1. The molecule has 0 aliphatic carbocycles. The maximum Gasteiger partial charge on any atom is 0.230 e. The zero-order valence-electron chi connectivity index (χ0n) is 21.5. The van der Waals surface area contributed by atoms with Crippen LogP contribution in [0.4, 0.5) is 5.69 Å². The number of hydrogen-bond acceptors (Lipinski definition) is 7. The Bertz CT molecular complexity index is 1450. The molecule has 0 unspecified atom stereocenters. The summed E-state index contributed by atoms with van der Waals surface area (Å²) in [7, 11) is 0. The number of likely N-dealkylation sites (tertiary alicyclic amines) is 1. The summed E-state index contributed by atoms with van der Waals surface area (Å²) in [6, 6.07) is 13.5. The van der Waals surface area contributed by atoms with Crippen molar-refractivity contribution in [2.45, 2.75) is 36.2 Å². The zero-order valence-corrected chi connectivity index (χ0v) is 24.7. The monoisotopic (exact) mass is 614 g/mol. The molecule has 1 aliphatic rings. The molecule has 12 heteroatoms. The lowest BCUT2D eigenvalue weighted by Gasteiger charge is -2.32. The Morgan fingerprint density at radius 3 is 2.73 bits per heavy atom. The fourth-order valence-electron chi connectivity index (χ4n) is 4.50. The summed E-state index contributed by atoms with van der Waals surface area (Å²) in [5.41, 5.74) is 4.31. The number of thioether (sulfide) groups is 1. The van der Waals surface area contributed by atoms with Gasteiger partial charge in [-0.05, 0) is 42.7 Å². The van der Waals surface area contributed by atoms with Crippen LogP contribution in [0.5, 0.6) is 0 Å². The number of aromatic amines is 1. The molecule has 5 rings (SSSR count). The maximum absolute atomic E-state index is 12.6. The number of piperidine rings is 1. The number of hydrogen-bond donors (Lipinski definition) is 3. The molecule has 2 aromatic heterocycles. The van der Waals surface area contributed by atoms with E-state index in [1.54, 1.807) is 12.5 Å². The summed E-state index contributed by atoms with van der Waals surface area (Å²) in [5, 5.41) is 9.20. The molecule has 208 valence electrons. The Hall–Kier alpha value is -2.89. The van der Waals surface area contributed by atoms with Crippen LogP contribution in [0.15, 0.2) is 64.7 Å². The highest BCUT2D eigenvalue weighted by Gasteiger charge is 2.21. The topological polar surface area (TPSA) is 103 Å². The fourth-order valence-corrected chi connectivity index (χ4v) is 6.47. The molecule has 8 nitrogen and oxygen atoms in total. The van der Waals surface area contributed by atoms with Gasteiger partial charge in [0.2, 0.25) is 11.8 Å². The zero-order chi connectivity index (χ0) is 27.9. The summed E-state index contributed by atoms with van der Waals surface area (Å²) < 4.78 is 0.829. The van der Waals surface area contributed by atoms with Gasteiger partial charge in [0.25, 0.3) is 0 Å². The number of halogens is 2. The van der Waals surface area contributed by atoms with Crippen LogP contribution in [-0.2, 0) is 22.6 Å². The third-order valence-electron chi connectivity index (χ3n) is 6.50. The number of aromatic nitrogens is 3. The van der Waals surface area contributed by atoms with Crippen LogP contribution in [0.3, 0.4) is 0 Å². The molecule has 2 amide bonds. The van der Waals surface area contributed by atoms with Crippen LogP contribution in [0.2, 0.25) is 10.0 Å². The van der Waals surface area contributed by atoms with Crippen LogP contribution in [-0.4, -0.2) is 56.6 Å². The molecule has 1 aliphatic heterocycles. The number of thiazole rings is 1. The molecule has 0 radical (unpaired) electrons. The number of carbonyl (C=O) groups is 2. The van der Waals surface area contributed by atoms with Gasteiger partial charge in [-0.25, -0.2) is 9.97 Å². The minimum absolute atomic E-state index is 0.0201. The lowest BCUT2D eigenvalue weighted by Crippen LogP contribution is -2.44. The van der Waals surface area contributed by atoms with E-state index in [9.17, 15) is 9.59 Å². The summed E-state index contributed by atoms with van der Waals surface area (Å²) in [5.74, 6) is 0.214. The molecule has 0 bridgehead atoms. The van der Waals surface area contributed by atoms with Crippen LogP contribution in [0, 0.1) is 0 Å². The first kappa shape index (κ1) is 28.6. The fraction of sp³-hybridized carbons (Fsp3) is 0.286. The number of nitrogens with one attached hydrogen (secondary N) is 3. The summed E-state index contributed by atoms with van der Waals surface area (Å²) in [4.78, 5) is 38.9. The van der Waals surface area contributed by atoms with Crippen molar-refractivity contribution in [1.82, 2.24) is 25.2 Å². The minimum Gasteiger partial charge on any atom is -0.353 e. The largest absolute Gasteiger partial charge is 0.353 e. The summed E-state index contributed by atoms with van der Waals surface area (Å²) >= 11 is 15.1. The van der Waals surface area contributed by atoms with Gasteiger partial charge in [0, 0.05) is 54.2 Å². The van der Waals surface area contributed by atoms with Crippen molar-refractivity contribution in [2.24, 2.45) is 0 Å². The molecule has 2 aromatic carbocycles. The summed E-state index contributed by atoms with van der Waals surface area (Å²) in [6.07, 6.45) is 5.23. The van der Waals surface area contributed by atoms with E-state index in [1.807, 2.05) is 47.8 Å². The Kier molecular flexibility index (Phi) is 9.77. The van der Waals surface area contributed by atoms with E-state index in [2.05, 4.69) is 25.5 Å². The lowest BCUT2D eigenvalue weighted by molar-refractivity contribution is -0.119. The van der Waals surface area contributed by atoms with Crippen LogP contribution in [0.1, 0.15) is 24.1 Å². The quantitative estimate of drug-likeness (QED) is 0.192. The molecule has 0 saturated carbocycles. The first-order chi connectivity index (χ1) is 19.4. The van der Waals surface area contributed by atoms with Crippen molar-refractivity contribution in [3.8, 4) is 11.3 Å². The molecule has 3 N–H and O–H groups in total. The second-order valence-electron chi connectivity index (χ2n) is 9.54. The Morgan fingerprint density at radius 1 is 1.10 bits per heavy atom. The number of benzene rings is 2. The van der Waals surface area contributed by atoms with Gasteiger partial charge in [-0.15, -0.1) is 11.3 Å². The van der Waals surface area contributed by atoms with Crippen LogP contribution < -0.4 is 10.6 Å². The van der Waals surface area contributed by atoms with E-state index in [0.29, 0.717) is 21.5 Å². The number of nitrogens with zero attached hydrogens (tertiary/aromatic N) is 3. The van der Waals surface area contributed by atoms with E-state index in [1.165, 1.54) is 23.1 Å². The third kappa shape index (κ3) is 8.08. The van der Waals surface area contributed by atoms with Crippen molar-refractivity contribution in [1.29, 1.82) is 0 Å². The lowest BCUT2D eigenvalue weighted by atomic mass is 10.0. The number of anilines is 1. The predicted octanol–water partition coefficient (Wildman–Crippen LogP) is 5.89. The van der Waals surface area contributed by atoms with Gasteiger partial charge in [0.15, 0.2) is 4.34 Å². The Labute approximate surface area is 250 Å². The Balaban J connectivity index is 1.05. The van der Waals surface area contributed by atoms with Crippen molar-refractivity contribution in [2.75, 3.05) is 24.2 Å². The van der Waals surface area contributed by atoms with Crippen molar-refractivity contribution >= 4 is 63.8 Å². The highest BCUT2D eigenvalue weighted by molar-refractivity contribution is 8.01. The molecule has 0 atom stereocenters. The molecule has 4 aromatic rings. The highest BCUT2D eigenvalue weighted by atomic mass is 35.5. The molecular formula is C28H28Cl2N6O2S2. The minimum atomic E-state index is -0.126. The van der Waals surface area contributed by atoms with Gasteiger partial charge in [-0.1, -0.05) is 53.2 Å². The number of amides is 2. The highest BCUT2D eigenvalue weighted by Crippen LogP contribution is 2.30. The predicted molar refractivity (Wildman–Crippen MR) is 162 cm³/mol. The molecule has 3 heterocycles. The van der Waals surface area contributed by atoms with Gasteiger partial charge in [-0.3, -0.25) is 14.5 Å². The van der Waals surface area contributed by atoms with E-state index in [4.69, 9.17) is 28.2 Å². The van der Waals surface area contributed by atoms with E-state index < -0.39 is 0 Å². The standard InChI is InChI=1S/C28H28Cl2N6O2S2/c29-23-5-4-18(10-24(23)30)14-36-8-6-20(7-9-36)33-27(38)16-40-28-35-25(15-39-28)19-2-1-3-21(11-19)34-26(37)12-22-13-31-17-32-22/h1-5,10-11,13,15,17,20H,6-9,12,14,16H2,(H,31,32)(H,33,38)(H,34,37). The number of carbonyl (C=O) groups excluding carboxylic acids is 2. The van der Waals surface area contributed by atoms with Crippen molar-refractivity contribution in [3.05, 3.63) is 81.7 Å². The molecule has 0 spiro atoms. The maximum atomic E-state index is 12.6. The number of rotatable bonds is 10. The molecule has 1 saturated heterocycles. The van der Waals surface area contributed by atoms with E-state index in [0.717, 1.165) is 59.3 Å². The van der Waals surface area contributed by atoms with Crippen LogP contribution >= 0.6 is 46.3 Å². The average Bonchev–Trinajstić information content (AvgIpc) is 3.63. The first-order valence-electron chi connectivity index (χ1n) is 12.8. The Morgan fingerprint density at radius 2 is 1.95 bits per heavy atom. The van der Waals surface area contributed by atoms with Gasteiger partial charge in [-0.2, -0.15) is 0 Å². The van der Waals surface area contributed by atoms with Gasteiger partial charge < -0.3 is 15.6 Å². The van der Waals surface area contributed by atoms with E-state index >= 15 is 0 Å². The molecular weight excluding hydrogens is 587 g/mol. The second-order valence-corrected chi connectivity index (χ2v) is 12.4. The number of imidazole rings is 1. The van der Waals surface area contributed by atoms with Crippen LogP contribution in [0.25, 0.3) is 11.3 Å². The summed E-state index contributed by atoms with van der Waals surface area (Å²) in [6.45, 7) is 2.65. The van der Waals surface area contributed by atoms with E-state index in [-0.39, 0.29) is 24.3 Å². The van der Waals surface area contributed by atoms with Gasteiger partial charge in [0.1, 0.15) is 0 Å². The smallest absolute Gasteiger partial charge is 0.230 e. The van der Waals surface area contributed by atoms with Crippen molar-refractivity contribution in [3.63, 3.8) is 0 Å². The average molecular weight is 616 g/mol. The molecule has 40 heavy (non-hydrogen) atoms. The molecule has 1 fully saturated rings. The normalized spacial score (nSPS) is 14.2. The second kappa shape index (κ2) is 13.6.